The number of amides is 1. The summed E-state index contributed by atoms with van der Waals surface area (Å²) in [4.78, 5) is 23.9. The van der Waals surface area contributed by atoms with E-state index in [2.05, 4.69) is 20.1 Å². The van der Waals surface area contributed by atoms with Gasteiger partial charge in [-0.15, -0.1) is 0 Å². The number of halogens is 4. The summed E-state index contributed by atoms with van der Waals surface area (Å²) in [7, 11) is 0. The lowest BCUT2D eigenvalue weighted by Gasteiger charge is -2.36. The van der Waals surface area contributed by atoms with E-state index in [9.17, 15) is 18.0 Å². The molecular weight excluding hydrogens is 511 g/mol. The van der Waals surface area contributed by atoms with Crippen molar-refractivity contribution in [3.8, 4) is 0 Å². The van der Waals surface area contributed by atoms with Crippen LogP contribution >= 0.6 is 23.4 Å². The third-order valence-corrected chi connectivity index (χ3v) is 7.47. The molecule has 1 N–H and O–H groups in total. The number of benzene rings is 1. The molecule has 0 spiro atoms. The van der Waals surface area contributed by atoms with Gasteiger partial charge in [-0.25, -0.2) is 4.98 Å². The van der Waals surface area contributed by atoms with Crippen LogP contribution in [-0.4, -0.2) is 78.1 Å². The van der Waals surface area contributed by atoms with Crippen LogP contribution in [0.15, 0.2) is 47.5 Å². The zero-order valence-electron chi connectivity index (χ0n) is 20.0. The molecule has 0 radical (unpaired) electrons. The maximum Gasteiger partial charge on any atom is 0.446 e. The van der Waals surface area contributed by atoms with Gasteiger partial charge in [0.25, 0.3) is 0 Å². The average Bonchev–Trinajstić information content (AvgIpc) is 2.85. The molecule has 2 fully saturated rings. The summed E-state index contributed by atoms with van der Waals surface area (Å²) in [6.07, 6.45) is 4.85. The molecule has 196 valence electrons. The SMILES string of the molecule is O=C(CCCN1CCN(c2ccc(Cl)cn2)CC1)N1CCCC(Nc2ccc(SC(F)(F)F)cc2)C1. The third kappa shape index (κ3) is 8.18. The number of rotatable bonds is 8. The first-order chi connectivity index (χ1) is 17.2. The van der Waals surface area contributed by atoms with E-state index >= 15 is 0 Å². The third-order valence-electron chi connectivity index (χ3n) is 6.51. The Labute approximate surface area is 219 Å². The summed E-state index contributed by atoms with van der Waals surface area (Å²) in [5.74, 6) is 1.11. The van der Waals surface area contributed by atoms with Gasteiger partial charge in [-0.05, 0) is 74.0 Å². The Kier molecular flexibility index (Phi) is 9.25. The number of thioether (sulfide) groups is 1. The maximum absolute atomic E-state index is 12.8. The number of aromatic nitrogens is 1. The standard InChI is InChI=1S/C25H31ClF3N5OS/c26-19-5-10-23(30-17-19)33-15-13-32(14-16-33)11-2-4-24(35)34-12-1-3-21(18-34)31-20-6-8-22(9-7-20)36-25(27,28)29/h5-10,17,21,31H,1-4,11-16,18H2. The molecule has 3 heterocycles. The van der Waals surface area contributed by atoms with Crippen molar-refractivity contribution < 1.29 is 18.0 Å². The number of anilines is 2. The lowest BCUT2D eigenvalue weighted by Crippen LogP contribution is -2.47. The first-order valence-corrected chi connectivity index (χ1v) is 13.4. The van der Waals surface area contributed by atoms with E-state index in [1.807, 2.05) is 17.0 Å². The molecular formula is C25H31ClF3N5OS. The second-order valence-corrected chi connectivity index (χ2v) is 10.7. The monoisotopic (exact) mass is 541 g/mol. The zero-order valence-corrected chi connectivity index (χ0v) is 21.6. The molecule has 6 nitrogen and oxygen atoms in total. The number of hydrogen-bond acceptors (Lipinski definition) is 6. The van der Waals surface area contributed by atoms with E-state index < -0.39 is 5.51 Å². The predicted molar refractivity (Wildman–Crippen MR) is 139 cm³/mol. The largest absolute Gasteiger partial charge is 0.446 e. The molecule has 1 aromatic carbocycles. The summed E-state index contributed by atoms with van der Waals surface area (Å²) in [6.45, 7) is 5.94. The molecule has 1 aromatic heterocycles. The van der Waals surface area contributed by atoms with Crippen LogP contribution < -0.4 is 10.2 Å². The highest BCUT2D eigenvalue weighted by Crippen LogP contribution is 2.37. The highest BCUT2D eigenvalue weighted by molar-refractivity contribution is 8.00. The smallest absolute Gasteiger partial charge is 0.381 e. The maximum atomic E-state index is 12.8. The molecule has 0 bridgehead atoms. The lowest BCUT2D eigenvalue weighted by atomic mass is 10.0. The normalized spacial score (nSPS) is 19.4. The molecule has 36 heavy (non-hydrogen) atoms. The highest BCUT2D eigenvalue weighted by Gasteiger charge is 2.29. The molecule has 1 atom stereocenters. The summed E-state index contributed by atoms with van der Waals surface area (Å²) in [5, 5.41) is 4.01. The fourth-order valence-corrected chi connectivity index (χ4v) is 5.33. The van der Waals surface area contributed by atoms with Gasteiger partial charge in [-0.2, -0.15) is 13.2 Å². The Hall–Kier alpha value is -2.17. The van der Waals surface area contributed by atoms with Crippen LogP contribution in [0.4, 0.5) is 24.7 Å². The summed E-state index contributed by atoms with van der Waals surface area (Å²) >= 11 is 5.81. The second-order valence-electron chi connectivity index (χ2n) is 9.16. The fraction of sp³-hybridized carbons (Fsp3) is 0.520. The van der Waals surface area contributed by atoms with Crippen molar-refractivity contribution in [3.05, 3.63) is 47.6 Å². The molecule has 2 aliphatic heterocycles. The number of nitrogens with zero attached hydrogens (tertiary/aromatic N) is 4. The van der Waals surface area contributed by atoms with E-state index in [0.29, 0.717) is 18.0 Å². The Balaban J connectivity index is 1.16. The van der Waals surface area contributed by atoms with Gasteiger partial charge in [0.1, 0.15) is 5.82 Å². The zero-order chi connectivity index (χ0) is 25.5. The van der Waals surface area contributed by atoms with Crippen molar-refractivity contribution in [2.75, 3.05) is 56.0 Å². The van der Waals surface area contributed by atoms with Crippen LogP contribution in [0, 0.1) is 0 Å². The number of carbonyl (C=O) groups is 1. The molecule has 2 aliphatic rings. The van der Waals surface area contributed by atoms with Crippen LogP contribution in [0.25, 0.3) is 0 Å². The quantitative estimate of drug-likeness (QED) is 0.455. The molecule has 1 unspecified atom stereocenters. The van der Waals surface area contributed by atoms with Crippen molar-refractivity contribution in [2.24, 2.45) is 0 Å². The molecule has 2 saturated heterocycles. The Morgan fingerprint density at radius 3 is 2.50 bits per heavy atom. The Morgan fingerprint density at radius 2 is 1.83 bits per heavy atom. The minimum Gasteiger partial charge on any atom is -0.381 e. The highest BCUT2D eigenvalue weighted by atomic mass is 35.5. The van der Waals surface area contributed by atoms with Crippen LogP contribution in [0.2, 0.25) is 5.02 Å². The van der Waals surface area contributed by atoms with E-state index in [4.69, 9.17) is 11.6 Å². The second kappa shape index (κ2) is 12.4. The van der Waals surface area contributed by atoms with Gasteiger partial charge in [0.05, 0.1) is 5.02 Å². The lowest BCUT2D eigenvalue weighted by molar-refractivity contribution is -0.132. The summed E-state index contributed by atoms with van der Waals surface area (Å²) in [6, 6.07) is 10.2. The number of alkyl halides is 3. The number of piperidine rings is 1. The van der Waals surface area contributed by atoms with Crippen molar-refractivity contribution in [1.82, 2.24) is 14.8 Å². The number of piperazine rings is 1. The molecule has 11 heteroatoms. The van der Waals surface area contributed by atoms with Crippen LogP contribution in [0.1, 0.15) is 25.7 Å². The van der Waals surface area contributed by atoms with E-state index in [0.717, 1.165) is 70.0 Å². The number of hydrogen-bond donors (Lipinski definition) is 1. The molecule has 0 aliphatic carbocycles. The van der Waals surface area contributed by atoms with Crippen molar-refractivity contribution in [1.29, 1.82) is 0 Å². The van der Waals surface area contributed by atoms with Crippen LogP contribution in [-0.2, 0) is 4.79 Å². The van der Waals surface area contributed by atoms with Crippen LogP contribution in [0.5, 0.6) is 0 Å². The minimum absolute atomic E-state index is 0.0957. The number of nitrogens with one attached hydrogen (secondary N) is 1. The number of carbonyl (C=O) groups excluding carboxylic acids is 1. The van der Waals surface area contributed by atoms with Gasteiger partial charge >= 0.3 is 5.51 Å². The molecule has 4 rings (SSSR count). The van der Waals surface area contributed by atoms with E-state index in [1.165, 1.54) is 12.1 Å². The first kappa shape index (κ1) is 26.9. The molecule has 1 amide bonds. The average molecular weight is 542 g/mol. The van der Waals surface area contributed by atoms with Gasteiger partial charge in [0.15, 0.2) is 0 Å². The Bertz CT molecular complexity index is 985. The fourth-order valence-electron chi connectivity index (χ4n) is 4.68. The van der Waals surface area contributed by atoms with Crippen LogP contribution in [0.3, 0.4) is 0 Å². The predicted octanol–water partition coefficient (Wildman–Crippen LogP) is 5.35. The van der Waals surface area contributed by atoms with Gasteiger partial charge < -0.3 is 15.1 Å². The topological polar surface area (TPSA) is 51.7 Å². The van der Waals surface area contributed by atoms with Crippen molar-refractivity contribution in [3.63, 3.8) is 0 Å². The molecule has 2 aromatic rings. The van der Waals surface area contributed by atoms with Crippen molar-refractivity contribution >= 4 is 40.8 Å². The number of pyridine rings is 1. The van der Waals surface area contributed by atoms with Gasteiger partial charge in [-0.1, -0.05) is 11.6 Å². The summed E-state index contributed by atoms with van der Waals surface area (Å²) < 4.78 is 37.6. The van der Waals surface area contributed by atoms with Gasteiger partial charge in [0.2, 0.25) is 5.91 Å². The van der Waals surface area contributed by atoms with Crippen molar-refractivity contribution in [2.45, 2.75) is 42.1 Å². The van der Waals surface area contributed by atoms with Gasteiger partial charge in [-0.3, -0.25) is 9.69 Å². The van der Waals surface area contributed by atoms with E-state index in [1.54, 1.807) is 18.3 Å². The number of likely N-dealkylation sites (tertiary alicyclic amines) is 1. The Morgan fingerprint density at radius 1 is 1.08 bits per heavy atom. The first-order valence-electron chi connectivity index (χ1n) is 12.2. The summed E-state index contributed by atoms with van der Waals surface area (Å²) in [5.41, 5.74) is -3.52. The van der Waals surface area contributed by atoms with Gasteiger partial charge in [0, 0.05) is 68.5 Å². The van der Waals surface area contributed by atoms with E-state index in [-0.39, 0.29) is 28.6 Å². The molecule has 0 saturated carbocycles. The minimum atomic E-state index is -4.29.